The van der Waals surface area contributed by atoms with Crippen molar-refractivity contribution in [1.29, 1.82) is 0 Å². The van der Waals surface area contributed by atoms with Crippen molar-refractivity contribution < 1.29 is 36.3 Å². The summed E-state index contributed by atoms with van der Waals surface area (Å²) in [6, 6.07) is 5.26. The maximum atomic E-state index is 13.7. The second-order valence-electron chi connectivity index (χ2n) is 10.7. The summed E-state index contributed by atoms with van der Waals surface area (Å²) in [5.41, 5.74) is 0.752. The van der Waals surface area contributed by atoms with Crippen LogP contribution in [-0.4, -0.2) is 55.0 Å². The number of furan rings is 1. The molecule has 4 rings (SSSR count). The lowest BCUT2D eigenvalue weighted by molar-refractivity contribution is -0.646. The molecule has 2 aromatic heterocycles. The van der Waals surface area contributed by atoms with E-state index in [0.29, 0.717) is 16.5 Å². The molecule has 1 aromatic carbocycles. The van der Waals surface area contributed by atoms with Gasteiger partial charge >= 0.3 is 15.0 Å². The number of halogens is 1. The number of rotatable bonds is 8. The predicted octanol–water partition coefficient (Wildman–Crippen LogP) is 2.59. The Morgan fingerprint density at radius 1 is 1.22 bits per heavy atom. The topological polar surface area (TPSA) is 153 Å². The summed E-state index contributed by atoms with van der Waals surface area (Å²) >= 11 is 0. The van der Waals surface area contributed by atoms with Gasteiger partial charge in [-0.05, 0) is 63.3 Å². The number of nitrogens with zero attached hydrogens (tertiary/aromatic N) is 2. The molecule has 2 amide bonds. The van der Waals surface area contributed by atoms with Crippen LogP contribution in [0.1, 0.15) is 56.2 Å². The van der Waals surface area contributed by atoms with E-state index in [1.54, 1.807) is 13.8 Å². The third-order valence-electron chi connectivity index (χ3n) is 7.18. The smallest absolute Gasteiger partial charge is 0.323 e. The first-order chi connectivity index (χ1) is 19.3. The van der Waals surface area contributed by atoms with Crippen molar-refractivity contribution in [2.24, 2.45) is 5.92 Å². The van der Waals surface area contributed by atoms with Gasteiger partial charge in [0.2, 0.25) is 5.91 Å². The van der Waals surface area contributed by atoms with Crippen molar-refractivity contribution in [2.45, 2.75) is 70.1 Å². The number of sulfonamides is 1. The van der Waals surface area contributed by atoms with Crippen LogP contribution in [0.4, 0.5) is 4.39 Å². The average Bonchev–Trinajstić information content (AvgIpc) is 3.16. The van der Waals surface area contributed by atoms with Gasteiger partial charge in [-0.3, -0.25) is 14.4 Å². The number of benzene rings is 1. The lowest BCUT2D eigenvalue weighted by atomic mass is 10.0. The summed E-state index contributed by atoms with van der Waals surface area (Å²) in [5, 5.41) is 17.5. The highest BCUT2D eigenvalue weighted by Gasteiger charge is 2.40. The number of aryl methyl sites for hydroxylation is 1. The zero-order valence-corrected chi connectivity index (χ0v) is 24.0. The molecule has 1 aliphatic rings. The monoisotopic (exact) mass is 588 g/mol. The number of amides is 2. The number of hydrogen-bond acceptors (Lipinski definition) is 7. The summed E-state index contributed by atoms with van der Waals surface area (Å²) < 4.78 is 47.0. The fourth-order valence-electron chi connectivity index (χ4n) is 4.95. The van der Waals surface area contributed by atoms with Crippen molar-refractivity contribution in [3.63, 3.8) is 0 Å². The van der Waals surface area contributed by atoms with E-state index in [0.717, 1.165) is 10.5 Å². The van der Waals surface area contributed by atoms with Crippen LogP contribution in [0.3, 0.4) is 0 Å². The van der Waals surface area contributed by atoms with E-state index in [9.17, 15) is 32.4 Å². The van der Waals surface area contributed by atoms with Gasteiger partial charge in [-0.25, -0.2) is 12.8 Å². The molecule has 41 heavy (non-hydrogen) atoms. The molecular weight excluding hydrogens is 555 g/mol. The Balaban J connectivity index is 1.50. The number of Topliss-reactive ketones (excluding diaryl/α,β-unsaturated/α-hetero) is 1. The molecule has 3 atom stereocenters. The first-order valence-electron chi connectivity index (χ1n) is 13.3. The molecule has 0 bridgehead atoms. The summed E-state index contributed by atoms with van der Waals surface area (Å²) in [5.74, 6) is -2.34. The van der Waals surface area contributed by atoms with Crippen LogP contribution in [-0.2, 0) is 19.6 Å². The van der Waals surface area contributed by atoms with Crippen molar-refractivity contribution >= 4 is 38.6 Å². The van der Waals surface area contributed by atoms with Crippen molar-refractivity contribution in [2.75, 3.05) is 6.54 Å². The fraction of sp³-hybridized carbons (Fsp3) is 0.429. The van der Waals surface area contributed by atoms with Crippen LogP contribution in [0.25, 0.3) is 11.0 Å². The van der Waals surface area contributed by atoms with E-state index in [1.807, 2.05) is 13.8 Å². The summed E-state index contributed by atoms with van der Waals surface area (Å²) in [6.07, 6.45) is 1.73. The molecule has 0 spiro atoms. The third-order valence-corrected chi connectivity index (χ3v) is 9.13. The lowest BCUT2D eigenvalue weighted by Gasteiger charge is -2.24. The largest absolute Gasteiger partial charge is 0.618 e. The van der Waals surface area contributed by atoms with Gasteiger partial charge < -0.3 is 20.3 Å². The number of hydrogen-bond donors (Lipinski definition) is 2. The van der Waals surface area contributed by atoms with E-state index in [1.165, 1.54) is 36.4 Å². The van der Waals surface area contributed by atoms with Crippen LogP contribution in [0.15, 0.2) is 52.0 Å². The molecule has 1 aliphatic heterocycles. The fourth-order valence-corrected chi connectivity index (χ4v) is 6.60. The molecule has 2 N–H and O–H groups in total. The van der Waals surface area contributed by atoms with E-state index in [4.69, 9.17) is 4.42 Å². The maximum Gasteiger partial charge on any atom is 0.323 e. The predicted molar refractivity (Wildman–Crippen MR) is 147 cm³/mol. The van der Waals surface area contributed by atoms with E-state index in [2.05, 4.69) is 10.6 Å². The lowest BCUT2D eigenvalue weighted by Crippen LogP contribution is -2.53. The van der Waals surface area contributed by atoms with Gasteiger partial charge in [-0.2, -0.15) is 9.04 Å². The molecule has 3 aromatic rings. The van der Waals surface area contributed by atoms with Crippen LogP contribution < -0.4 is 15.4 Å². The molecule has 11 nitrogen and oxygen atoms in total. The maximum absolute atomic E-state index is 13.7. The third kappa shape index (κ3) is 6.41. The van der Waals surface area contributed by atoms with Crippen molar-refractivity contribution in [3.05, 3.63) is 64.9 Å². The summed E-state index contributed by atoms with van der Waals surface area (Å²) in [4.78, 5) is 39.7. The molecule has 3 unspecified atom stereocenters. The second kappa shape index (κ2) is 12.0. The first kappa shape index (κ1) is 30.1. The van der Waals surface area contributed by atoms with Gasteiger partial charge in [0.15, 0.2) is 17.7 Å². The molecule has 220 valence electrons. The van der Waals surface area contributed by atoms with Gasteiger partial charge in [-0.1, -0.05) is 13.8 Å². The van der Waals surface area contributed by atoms with E-state index in [-0.39, 0.29) is 35.7 Å². The molecule has 1 fully saturated rings. The highest BCUT2D eigenvalue weighted by molar-refractivity contribution is 7.89. The highest BCUT2D eigenvalue weighted by Crippen LogP contribution is 2.26. The van der Waals surface area contributed by atoms with Gasteiger partial charge in [0.1, 0.15) is 17.4 Å². The van der Waals surface area contributed by atoms with Crippen molar-refractivity contribution in [1.82, 2.24) is 14.9 Å². The SMILES string of the molecule is Cc1c(C(=O)NC(CC(C)C)C(=O)NC2CCC(C)N(S(=O)(=O)c3cccc[n+]3[O-])CC2=O)oc2ccc(F)cc12. The standard InChI is InChI=1S/C28H33FN4O7S/c1-16(2)13-22(31-28(36)26-18(4)20-14-19(29)9-11-24(20)40-26)27(35)30-21-10-8-17(3)33(15-23(21)34)41(38,39)25-7-5-6-12-32(25)37/h5-7,9,11-12,14,16-17,21-22H,8,10,13,15H2,1-4H3,(H,30,35)(H,31,36). The number of nitrogens with one attached hydrogen (secondary N) is 2. The summed E-state index contributed by atoms with van der Waals surface area (Å²) in [7, 11) is -4.29. The molecular formula is C28H33FN4O7S. The van der Waals surface area contributed by atoms with E-state index < -0.39 is 63.1 Å². The quantitative estimate of drug-likeness (QED) is 0.303. The van der Waals surface area contributed by atoms with Crippen LogP contribution in [0.5, 0.6) is 0 Å². The number of carbonyl (C=O) groups excluding carboxylic acids is 3. The molecule has 13 heteroatoms. The van der Waals surface area contributed by atoms with Gasteiger partial charge in [0.05, 0.1) is 12.6 Å². The van der Waals surface area contributed by atoms with Gasteiger partial charge in [0.25, 0.3) is 5.91 Å². The van der Waals surface area contributed by atoms with Gasteiger partial charge in [-0.15, -0.1) is 0 Å². The first-order valence-corrected chi connectivity index (χ1v) is 14.8. The molecule has 0 radical (unpaired) electrons. The Labute approximate surface area is 237 Å². The number of pyridine rings is 1. The minimum absolute atomic E-state index is 0.00735. The van der Waals surface area contributed by atoms with Crippen LogP contribution in [0, 0.1) is 23.9 Å². The number of carbonyl (C=O) groups is 3. The number of aromatic nitrogens is 1. The Kier molecular flexibility index (Phi) is 8.78. The Hall–Kier alpha value is -3.84. The van der Waals surface area contributed by atoms with Gasteiger partial charge in [0, 0.05) is 29.1 Å². The Morgan fingerprint density at radius 3 is 2.63 bits per heavy atom. The normalized spacial score (nSPS) is 19.2. The molecule has 0 saturated carbocycles. The minimum atomic E-state index is -4.29. The zero-order chi connectivity index (χ0) is 30.1. The minimum Gasteiger partial charge on any atom is -0.618 e. The number of ketones is 1. The molecule has 1 saturated heterocycles. The number of fused-ring (bicyclic) bond motifs is 1. The van der Waals surface area contributed by atoms with Crippen LogP contribution in [0.2, 0.25) is 0 Å². The zero-order valence-electron chi connectivity index (χ0n) is 23.2. The van der Waals surface area contributed by atoms with E-state index >= 15 is 0 Å². The average molecular weight is 589 g/mol. The molecule has 3 heterocycles. The second-order valence-corrected chi connectivity index (χ2v) is 12.6. The van der Waals surface area contributed by atoms with Crippen molar-refractivity contribution in [3.8, 4) is 0 Å². The Bertz CT molecular complexity index is 1590. The summed E-state index contributed by atoms with van der Waals surface area (Å²) in [6.45, 7) is 6.46. The highest BCUT2D eigenvalue weighted by atomic mass is 32.2. The molecule has 0 aliphatic carbocycles. The Morgan fingerprint density at radius 2 is 1.95 bits per heavy atom. The van der Waals surface area contributed by atoms with Crippen LogP contribution >= 0.6 is 0 Å².